The van der Waals surface area contributed by atoms with E-state index in [0.717, 1.165) is 41.2 Å². The molecule has 1 aromatic carbocycles. The minimum Gasteiger partial charge on any atom is -0.376 e. The fraction of sp³-hybridized carbons (Fsp3) is 0.304. The third-order valence-corrected chi connectivity index (χ3v) is 5.91. The Morgan fingerprint density at radius 1 is 1.23 bits per heavy atom. The fourth-order valence-corrected chi connectivity index (χ4v) is 4.25. The second-order valence-electron chi connectivity index (χ2n) is 7.42. The zero-order chi connectivity index (χ0) is 21.5. The molecule has 0 aliphatic carbocycles. The summed E-state index contributed by atoms with van der Waals surface area (Å²) in [5.74, 6) is 0. The molecule has 8 heteroatoms. The van der Waals surface area contributed by atoms with E-state index in [4.69, 9.17) is 4.74 Å². The van der Waals surface area contributed by atoms with E-state index in [1.54, 1.807) is 35.8 Å². The molecule has 1 aliphatic heterocycles. The van der Waals surface area contributed by atoms with Gasteiger partial charge in [0.2, 0.25) is 0 Å². The first-order chi connectivity index (χ1) is 15.2. The number of benzene rings is 1. The molecule has 3 aromatic rings. The number of amides is 2. The van der Waals surface area contributed by atoms with Crippen molar-refractivity contribution in [1.82, 2.24) is 19.9 Å². The summed E-state index contributed by atoms with van der Waals surface area (Å²) in [5, 5.41) is 3.76. The molecule has 1 N–H and O–H groups in total. The third-order valence-electron chi connectivity index (χ3n) is 5.02. The highest BCUT2D eigenvalue weighted by Gasteiger charge is 2.23. The molecule has 3 heterocycles. The Labute approximate surface area is 186 Å². The number of anilines is 1. The van der Waals surface area contributed by atoms with E-state index < -0.39 is 0 Å². The molecule has 0 spiro atoms. The van der Waals surface area contributed by atoms with Crippen LogP contribution in [0, 0.1) is 6.92 Å². The number of rotatable bonds is 7. The van der Waals surface area contributed by atoms with Crippen LogP contribution in [-0.2, 0) is 11.3 Å². The number of carbonyl (C=O) groups excluding carboxylic acids is 1. The molecule has 0 radical (unpaired) electrons. The number of hydrogen-bond acceptors (Lipinski definition) is 6. The van der Waals surface area contributed by atoms with E-state index in [1.807, 2.05) is 37.3 Å². The van der Waals surface area contributed by atoms with E-state index in [-0.39, 0.29) is 12.1 Å². The Kier molecular flexibility index (Phi) is 7.11. The quantitative estimate of drug-likeness (QED) is 0.549. The van der Waals surface area contributed by atoms with Crippen LogP contribution in [0.2, 0.25) is 0 Å². The van der Waals surface area contributed by atoms with Crippen molar-refractivity contribution < 1.29 is 9.53 Å². The number of hydrogen-bond donors (Lipinski definition) is 1. The van der Waals surface area contributed by atoms with Gasteiger partial charge < -0.3 is 15.0 Å². The zero-order valence-electron chi connectivity index (χ0n) is 17.4. The minimum atomic E-state index is -0.144. The maximum absolute atomic E-state index is 13.1. The fourth-order valence-electron chi connectivity index (χ4n) is 3.44. The van der Waals surface area contributed by atoms with Crippen LogP contribution in [0.3, 0.4) is 0 Å². The van der Waals surface area contributed by atoms with Gasteiger partial charge in [0.1, 0.15) is 0 Å². The summed E-state index contributed by atoms with van der Waals surface area (Å²) in [4.78, 5) is 28.6. The summed E-state index contributed by atoms with van der Waals surface area (Å²) >= 11 is 1.49. The zero-order valence-corrected chi connectivity index (χ0v) is 18.2. The van der Waals surface area contributed by atoms with Crippen molar-refractivity contribution in [3.8, 4) is 0 Å². The highest BCUT2D eigenvalue weighted by Crippen LogP contribution is 2.28. The van der Waals surface area contributed by atoms with Crippen molar-refractivity contribution in [2.45, 2.75) is 42.5 Å². The molecule has 1 aliphatic rings. The van der Waals surface area contributed by atoms with Crippen LogP contribution >= 0.6 is 11.8 Å². The van der Waals surface area contributed by atoms with E-state index in [0.29, 0.717) is 18.2 Å². The van der Waals surface area contributed by atoms with Crippen LogP contribution in [0.5, 0.6) is 0 Å². The molecular weight excluding hydrogens is 410 g/mol. The van der Waals surface area contributed by atoms with Crippen molar-refractivity contribution in [1.29, 1.82) is 0 Å². The Morgan fingerprint density at radius 2 is 2.10 bits per heavy atom. The number of nitrogens with zero attached hydrogens (tertiary/aromatic N) is 4. The third kappa shape index (κ3) is 6.02. The molecule has 1 unspecified atom stereocenters. The molecule has 31 heavy (non-hydrogen) atoms. The van der Waals surface area contributed by atoms with Crippen molar-refractivity contribution >= 4 is 23.5 Å². The van der Waals surface area contributed by atoms with Crippen LogP contribution < -0.4 is 5.32 Å². The molecule has 2 amide bonds. The Hall–Kier alpha value is -2.97. The highest BCUT2D eigenvalue weighted by atomic mass is 32.2. The van der Waals surface area contributed by atoms with E-state index in [9.17, 15) is 4.79 Å². The van der Waals surface area contributed by atoms with E-state index in [1.165, 1.54) is 11.8 Å². The van der Waals surface area contributed by atoms with Crippen LogP contribution in [-0.4, -0.2) is 45.1 Å². The number of aromatic nitrogens is 3. The molecule has 7 nitrogen and oxygen atoms in total. The Bertz CT molecular complexity index is 997. The van der Waals surface area contributed by atoms with Gasteiger partial charge >= 0.3 is 6.03 Å². The first-order valence-corrected chi connectivity index (χ1v) is 11.1. The lowest BCUT2D eigenvalue weighted by Crippen LogP contribution is -2.39. The number of urea groups is 1. The van der Waals surface area contributed by atoms with Gasteiger partial charge in [-0.3, -0.25) is 4.98 Å². The number of carbonyl (C=O) groups is 1. The van der Waals surface area contributed by atoms with Crippen LogP contribution in [0.15, 0.2) is 71.2 Å². The van der Waals surface area contributed by atoms with Crippen molar-refractivity contribution in [3.05, 3.63) is 72.3 Å². The van der Waals surface area contributed by atoms with Gasteiger partial charge in [0, 0.05) is 55.1 Å². The smallest absolute Gasteiger partial charge is 0.322 e. The Balaban J connectivity index is 1.45. The van der Waals surface area contributed by atoms with Crippen molar-refractivity contribution in [2.75, 3.05) is 18.5 Å². The van der Waals surface area contributed by atoms with Gasteiger partial charge in [-0.05, 0) is 73.0 Å². The summed E-state index contributed by atoms with van der Waals surface area (Å²) in [5.41, 5.74) is 2.75. The van der Waals surface area contributed by atoms with Crippen LogP contribution in [0.25, 0.3) is 0 Å². The van der Waals surface area contributed by atoms with Crippen LogP contribution in [0.4, 0.5) is 10.5 Å². The summed E-state index contributed by atoms with van der Waals surface area (Å²) in [6.45, 7) is 3.78. The van der Waals surface area contributed by atoms with E-state index in [2.05, 4.69) is 20.3 Å². The molecule has 0 bridgehead atoms. The first kappa shape index (κ1) is 21.3. The molecule has 4 rings (SSSR count). The lowest BCUT2D eigenvalue weighted by Gasteiger charge is -2.26. The maximum Gasteiger partial charge on any atom is 0.322 e. The number of pyridine rings is 1. The second kappa shape index (κ2) is 10.4. The molecular formula is C23H25N5O2S. The van der Waals surface area contributed by atoms with E-state index >= 15 is 0 Å². The number of aryl methyl sites for hydroxylation is 1. The summed E-state index contributed by atoms with van der Waals surface area (Å²) in [6.07, 6.45) is 9.06. The molecule has 1 atom stereocenters. The predicted molar refractivity (Wildman–Crippen MR) is 120 cm³/mol. The van der Waals surface area contributed by atoms with Crippen molar-refractivity contribution in [2.24, 2.45) is 0 Å². The van der Waals surface area contributed by atoms with Gasteiger partial charge in [-0.15, -0.1) is 0 Å². The Morgan fingerprint density at radius 3 is 2.81 bits per heavy atom. The first-order valence-electron chi connectivity index (χ1n) is 10.3. The lowest BCUT2D eigenvalue weighted by molar-refractivity contribution is 0.0819. The van der Waals surface area contributed by atoms with Gasteiger partial charge in [0.15, 0.2) is 5.16 Å². The van der Waals surface area contributed by atoms with Gasteiger partial charge in [-0.2, -0.15) is 0 Å². The molecule has 2 aromatic heterocycles. The molecule has 160 valence electrons. The average molecular weight is 436 g/mol. The average Bonchev–Trinajstić information content (AvgIpc) is 3.30. The predicted octanol–water partition coefficient (Wildman–Crippen LogP) is 4.54. The van der Waals surface area contributed by atoms with Crippen molar-refractivity contribution in [3.63, 3.8) is 0 Å². The summed E-state index contributed by atoms with van der Waals surface area (Å²) in [6, 6.07) is 11.4. The second-order valence-corrected chi connectivity index (χ2v) is 8.46. The largest absolute Gasteiger partial charge is 0.376 e. The lowest BCUT2D eigenvalue weighted by atomic mass is 10.2. The summed E-state index contributed by atoms with van der Waals surface area (Å²) < 4.78 is 5.77. The van der Waals surface area contributed by atoms with Gasteiger partial charge in [0.25, 0.3) is 0 Å². The highest BCUT2D eigenvalue weighted by molar-refractivity contribution is 7.99. The number of nitrogens with one attached hydrogen (secondary N) is 1. The number of ether oxygens (including phenoxy) is 1. The normalized spacial score (nSPS) is 15.6. The maximum atomic E-state index is 13.1. The molecule has 1 saturated heterocycles. The topological polar surface area (TPSA) is 80.2 Å². The molecule has 0 saturated carbocycles. The van der Waals surface area contributed by atoms with Gasteiger partial charge in [-0.1, -0.05) is 6.07 Å². The summed E-state index contributed by atoms with van der Waals surface area (Å²) in [7, 11) is 0. The minimum absolute atomic E-state index is 0.0770. The molecule has 1 fully saturated rings. The van der Waals surface area contributed by atoms with Gasteiger partial charge in [-0.25, -0.2) is 14.8 Å². The van der Waals surface area contributed by atoms with Gasteiger partial charge in [0.05, 0.1) is 6.10 Å². The SMILES string of the molecule is Cc1cc(Sc2ncccn2)ccc1NC(=O)N(Cc1cccnc1)CC1CCCO1. The standard InChI is InChI=1S/C23H25N5O2S/c1-17-13-20(31-22-25-10-4-11-26-22)7-8-21(17)27-23(29)28(16-19-6-3-12-30-19)15-18-5-2-9-24-14-18/h2,4-5,7-11,13-14,19H,3,6,12,15-16H2,1H3,(H,27,29). The van der Waals surface area contributed by atoms with Crippen LogP contribution in [0.1, 0.15) is 24.0 Å². The monoisotopic (exact) mass is 435 g/mol.